The number of ether oxygens (including phenoxy) is 1. The highest BCUT2D eigenvalue weighted by molar-refractivity contribution is 6.31. The first-order valence-electron chi connectivity index (χ1n) is 7.68. The minimum atomic E-state index is -0.0772. The molecular weight excluding hydrogens is 310 g/mol. The first-order chi connectivity index (χ1) is 11.0. The molecule has 0 saturated carbocycles. The van der Waals surface area contributed by atoms with Gasteiger partial charge in [-0.05, 0) is 55.7 Å². The third-order valence-electron chi connectivity index (χ3n) is 3.69. The molecule has 0 aliphatic rings. The van der Waals surface area contributed by atoms with Gasteiger partial charge in [0.2, 0.25) is 5.91 Å². The van der Waals surface area contributed by atoms with Crippen molar-refractivity contribution < 1.29 is 9.53 Å². The summed E-state index contributed by atoms with van der Waals surface area (Å²) in [6, 6.07) is 13.3. The summed E-state index contributed by atoms with van der Waals surface area (Å²) in [6.07, 6.45) is 0.271. The van der Waals surface area contributed by atoms with Crippen molar-refractivity contribution in [2.75, 3.05) is 6.61 Å². The third kappa shape index (κ3) is 5.29. The van der Waals surface area contributed by atoms with Gasteiger partial charge >= 0.3 is 0 Å². The second kappa shape index (κ2) is 8.02. The maximum Gasteiger partial charge on any atom is 0.224 e. The summed E-state index contributed by atoms with van der Waals surface area (Å²) in [5.41, 5.74) is 3.25. The molecule has 2 aromatic rings. The minimum absolute atomic E-state index is 0.0608. The monoisotopic (exact) mass is 331 g/mol. The number of nitrogens with one attached hydrogen (secondary N) is 1. The third-order valence-corrected chi connectivity index (χ3v) is 4.06. The van der Waals surface area contributed by atoms with Crippen LogP contribution in [0.2, 0.25) is 5.02 Å². The van der Waals surface area contributed by atoms with Crippen LogP contribution in [0.3, 0.4) is 0 Å². The van der Waals surface area contributed by atoms with E-state index >= 15 is 0 Å². The zero-order chi connectivity index (χ0) is 16.8. The smallest absolute Gasteiger partial charge is 0.224 e. The van der Waals surface area contributed by atoms with Gasteiger partial charge in [0.1, 0.15) is 12.4 Å². The normalized spacial score (nSPS) is 11.8. The van der Waals surface area contributed by atoms with Crippen LogP contribution in [-0.4, -0.2) is 18.6 Å². The molecule has 1 N–H and O–H groups in total. The van der Waals surface area contributed by atoms with Crippen LogP contribution in [-0.2, 0) is 11.2 Å². The average molecular weight is 332 g/mol. The number of carbonyl (C=O) groups excluding carboxylic acids is 1. The molecule has 0 radical (unpaired) electrons. The highest BCUT2D eigenvalue weighted by atomic mass is 35.5. The van der Waals surface area contributed by atoms with Crippen LogP contribution >= 0.6 is 11.6 Å². The number of aryl methyl sites for hydroxylation is 2. The Morgan fingerprint density at radius 3 is 2.61 bits per heavy atom. The standard InChI is InChI=1S/C19H22ClNO2/c1-13-8-9-17(10-14(13)2)23-12-15(3)21-19(22)11-16-6-4-5-7-18(16)20/h4-10,15H,11-12H2,1-3H3,(H,21,22)/t15-/m0/s1. The van der Waals surface area contributed by atoms with E-state index in [0.717, 1.165) is 11.3 Å². The molecule has 1 atom stereocenters. The zero-order valence-corrected chi connectivity index (χ0v) is 14.5. The number of halogens is 1. The number of carbonyl (C=O) groups is 1. The Bertz CT molecular complexity index is 685. The molecule has 2 rings (SSSR count). The van der Waals surface area contributed by atoms with E-state index in [0.29, 0.717) is 11.6 Å². The Kier molecular flexibility index (Phi) is 6.05. The van der Waals surface area contributed by atoms with Gasteiger partial charge in [-0.15, -0.1) is 0 Å². The zero-order valence-electron chi connectivity index (χ0n) is 13.7. The van der Waals surface area contributed by atoms with Crippen molar-refractivity contribution in [2.24, 2.45) is 0 Å². The molecule has 0 unspecified atom stereocenters. The lowest BCUT2D eigenvalue weighted by atomic mass is 10.1. The van der Waals surface area contributed by atoms with Crippen LogP contribution < -0.4 is 10.1 Å². The predicted molar refractivity (Wildman–Crippen MR) is 94.2 cm³/mol. The van der Waals surface area contributed by atoms with Gasteiger partial charge in [0.15, 0.2) is 0 Å². The molecule has 0 aliphatic carbocycles. The van der Waals surface area contributed by atoms with Gasteiger partial charge in [-0.1, -0.05) is 35.9 Å². The molecule has 2 aromatic carbocycles. The summed E-state index contributed by atoms with van der Waals surface area (Å²) in [5, 5.41) is 3.54. The van der Waals surface area contributed by atoms with Crippen molar-refractivity contribution in [1.29, 1.82) is 0 Å². The van der Waals surface area contributed by atoms with Gasteiger partial charge in [-0.25, -0.2) is 0 Å². The van der Waals surface area contributed by atoms with Crippen molar-refractivity contribution in [2.45, 2.75) is 33.2 Å². The lowest BCUT2D eigenvalue weighted by molar-refractivity contribution is -0.121. The highest BCUT2D eigenvalue weighted by Gasteiger charge is 2.10. The Morgan fingerprint density at radius 1 is 1.17 bits per heavy atom. The second-order valence-corrected chi connectivity index (χ2v) is 6.20. The Labute approximate surface area is 142 Å². The molecule has 0 saturated heterocycles. The summed E-state index contributed by atoms with van der Waals surface area (Å²) in [6.45, 7) is 6.47. The fourth-order valence-electron chi connectivity index (χ4n) is 2.21. The van der Waals surface area contributed by atoms with Gasteiger partial charge in [0.05, 0.1) is 12.5 Å². The van der Waals surface area contributed by atoms with E-state index in [2.05, 4.69) is 19.2 Å². The molecule has 4 heteroatoms. The predicted octanol–water partition coefficient (Wildman–Crippen LogP) is 4.08. The van der Waals surface area contributed by atoms with Gasteiger partial charge in [-0.3, -0.25) is 4.79 Å². The molecule has 0 spiro atoms. The average Bonchev–Trinajstić information content (AvgIpc) is 2.51. The number of benzene rings is 2. The summed E-state index contributed by atoms with van der Waals surface area (Å²) in [7, 11) is 0. The Hall–Kier alpha value is -2.00. The fourth-order valence-corrected chi connectivity index (χ4v) is 2.41. The van der Waals surface area contributed by atoms with Gasteiger partial charge in [-0.2, -0.15) is 0 Å². The van der Waals surface area contributed by atoms with Crippen molar-refractivity contribution in [3.8, 4) is 5.75 Å². The topological polar surface area (TPSA) is 38.3 Å². The summed E-state index contributed by atoms with van der Waals surface area (Å²) in [4.78, 5) is 12.1. The van der Waals surface area contributed by atoms with E-state index < -0.39 is 0 Å². The van der Waals surface area contributed by atoms with E-state index in [1.54, 1.807) is 6.07 Å². The summed E-state index contributed by atoms with van der Waals surface area (Å²) < 4.78 is 5.74. The minimum Gasteiger partial charge on any atom is -0.491 e. The second-order valence-electron chi connectivity index (χ2n) is 5.79. The van der Waals surface area contributed by atoms with E-state index in [-0.39, 0.29) is 18.4 Å². The van der Waals surface area contributed by atoms with E-state index in [1.807, 2.05) is 43.3 Å². The molecule has 23 heavy (non-hydrogen) atoms. The van der Waals surface area contributed by atoms with Crippen molar-refractivity contribution >= 4 is 17.5 Å². The first-order valence-corrected chi connectivity index (χ1v) is 8.06. The molecule has 0 fully saturated rings. The molecule has 0 aliphatic heterocycles. The van der Waals surface area contributed by atoms with E-state index in [4.69, 9.17) is 16.3 Å². The lowest BCUT2D eigenvalue weighted by Gasteiger charge is -2.16. The van der Waals surface area contributed by atoms with Gasteiger partial charge in [0.25, 0.3) is 0 Å². The van der Waals surface area contributed by atoms with Crippen LogP contribution in [0.1, 0.15) is 23.6 Å². The van der Waals surface area contributed by atoms with Crippen molar-refractivity contribution in [3.05, 3.63) is 64.2 Å². The number of rotatable bonds is 6. The molecule has 1 amide bonds. The Balaban J connectivity index is 1.82. The van der Waals surface area contributed by atoms with Crippen LogP contribution in [0, 0.1) is 13.8 Å². The molecule has 0 aromatic heterocycles. The van der Waals surface area contributed by atoms with Crippen LogP contribution in [0.25, 0.3) is 0 Å². The number of hydrogen-bond donors (Lipinski definition) is 1. The maximum atomic E-state index is 12.1. The lowest BCUT2D eigenvalue weighted by Crippen LogP contribution is -2.37. The molecule has 122 valence electrons. The highest BCUT2D eigenvalue weighted by Crippen LogP contribution is 2.17. The van der Waals surface area contributed by atoms with Crippen LogP contribution in [0.4, 0.5) is 0 Å². The van der Waals surface area contributed by atoms with Gasteiger partial charge in [0, 0.05) is 5.02 Å². The quantitative estimate of drug-likeness (QED) is 0.866. The number of amides is 1. The van der Waals surface area contributed by atoms with Crippen LogP contribution in [0.15, 0.2) is 42.5 Å². The Morgan fingerprint density at radius 2 is 1.91 bits per heavy atom. The van der Waals surface area contributed by atoms with Crippen molar-refractivity contribution in [1.82, 2.24) is 5.32 Å². The van der Waals surface area contributed by atoms with Crippen molar-refractivity contribution in [3.63, 3.8) is 0 Å². The summed E-state index contributed by atoms with van der Waals surface area (Å²) in [5.74, 6) is 0.759. The largest absolute Gasteiger partial charge is 0.491 e. The summed E-state index contributed by atoms with van der Waals surface area (Å²) >= 11 is 6.07. The van der Waals surface area contributed by atoms with Gasteiger partial charge < -0.3 is 10.1 Å². The SMILES string of the molecule is Cc1ccc(OC[C@H](C)NC(=O)Cc2ccccc2Cl)cc1C. The molecule has 3 nitrogen and oxygen atoms in total. The van der Waals surface area contributed by atoms with E-state index in [1.165, 1.54) is 11.1 Å². The van der Waals surface area contributed by atoms with E-state index in [9.17, 15) is 4.79 Å². The fraction of sp³-hybridized carbons (Fsp3) is 0.316. The molecular formula is C19H22ClNO2. The molecule has 0 bridgehead atoms. The maximum absolute atomic E-state index is 12.1. The first kappa shape index (κ1) is 17.4. The van der Waals surface area contributed by atoms with Crippen LogP contribution in [0.5, 0.6) is 5.75 Å². The molecule has 0 heterocycles. The number of hydrogen-bond acceptors (Lipinski definition) is 2.